The SMILES string of the molecule is CN1O[C@@H](CNC(=O)OC(C)(C)C)CC1[C@@]12O[C@H]3COC(C)(C)O[C@H]3[C@@H]1OC(C)(C)O2. The van der Waals surface area contributed by atoms with Crippen molar-refractivity contribution in [2.75, 3.05) is 20.2 Å². The van der Waals surface area contributed by atoms with Crippen LogP contribution in [-0.4, -0.2) is 84.8 Å². The lowest BCUT2D eigenvalue weighted by Gasteiger charge is -2.38. The molecular formula is C21H36N2O8. The van der Waals surface area contributed by atoms with Gasteiger partial charge in [0, 0.05) is 20.0 Å². The molecule has 1 amide bonds. The number of hydrogen-bond donors (Lipinski definition) is 1. The molecule has 0 radical (unpaired) electrons. The fourth-order valence-corrected chi connectivity index (χ4v) is 4.79. The van der Waals surface area contributed by atoms with Crippen LogP contribution in [0.1, 0.15) is 54.9 Å². The van der Waals surface area contributed by atoms with Crippen molar-refractivity contribution in [3.05, 3.63) is 0 Å². The van der Waals surface area contributed by atoms with Gasteiger partial charge in [0.05, 0.1) is 18.8 Å². The van der Waals surface area contributed by atoms with Crippen LogP contribution in [0, 0.1) is 0 Å². The Morgan fingerprint density at radius 1 is 1.13 bits per heavy atom. The normalized spacial score (nSPS) is 41.6. The molecule has 1 unspecified atom stereocenters. The van der Waals surface area contributed by atoms with Gasteiger partial charge in [-0.2, -0.15) is 5.06 Å². The number of fused-ring (bicyclic) bond motifs is 3. The van der Waals surface area contributed by atoms with Crippen molar-refractivity contribution in [2.24, 2.45) is 0 Å². The Hall–Kier alpha value is -1.01. The molecule has 0 aromatic carbocycles. The third-order valence-corrected chi connectivity index (χ3v) is 5.81. The number of nitrogens with one attached hydrogen (secondary N) is 1. The van der Waals surface area contributed by atoms with E-state index >= 15 is 0 Å². The van der Waals surface area contributed by atoms with Gasteiger partial charge in [-0.3, -0.25) is 4.84 Å². The van der Waals surface area contributed by atoms with Gasteiger partial charge in [-0.25, -0.2) is 4.79 Å². The van der Waals surface area contributed by atoms with E-state index in [1.165, 1.54) is 0 Å². The van der Waals surface area contributed by atoms with Gasteiger partial charge in [-0.05, 0) is 48.5 Å². The van der Waals surface area contributed by atoms with Crippen LogP contribution < -0.4 is 5.32 Å². The molecule has 0 saturated carbocycles. The molecule has 4 aliphatic rings. The largest absolute Gasteiger partial charge is 0.444 e. The topological polar surface area (TPSA) is 97.0 Å². The molecule has 4 rings (SSSR count). The number of rotatable bonds is 3. The summed E-state index contributed by atoms with van der Waals surface area (Å²) in [5, 5.41) is 4.52. The minimum atomic E-state index is -1.07. The molecule has 1 N–H and O–H groups in total. The molecule has 0 spiro atoms. The first kappa shape index (κ1) is 23.2. The quantitative estimate of drug-likeness (QED) is 0.700. The average Bonchev–Trinajstić information content (AvgIpc) is 3.18. The second-order valence-corrected chi connectivity index (χ2v) is 10.6. The number of nitrogens with zero attached hydrogens (tertiary/aromatic N) is 1. The highest BCUT2D eigenvalue weighted by atomic mass is 16.9. The highest BCUT2D eigenvalue weighted by Crippen LogP contribution is 2.53. The predicted octanol–water partition coefficient (Wildman–Crippen LogP) is 1.91. The summed E-state index contributed by atoms with van der Waals surface area (Å²) in [6.07, 6.45) is -1.23. The predicted molar refractivity (Wildman–Crippen MR) is 108 cm³/mol. The van der Waals surface area contributed by atoms with E-state index in [0.717, 1.165) is 0 Å². The van der Waals surface area contributed by atoms with Gasteiger partial charge in [-0.15, -0.1) is 0 Å². The molecule has 0 aliphatic carbocycles. The Bertz CT molecular complexity index is 708. The van der Waals surface area contributed by atoms with Crippen LogP contribution in [0.4, 0.5) is 4.79 Å². The van der Waals surface area contributed by atoms with Crippen molar-refractivity contribution in [1.29, 1.82) is 0 Å². The summed E-state index contributed by atoms with van der Waals surface area (Å²) in [7, 11) is 1.84. The smallest absolute Gasteiger partial charge is 0.407 e. The number of carbonyl (C=O) groups is 1. The van der Waals surface area contributed by atoms with Crippen molar-refractivity contribution in [1.82, 2.24) is 10.4 Å². The van der Waals surface area contributed by atoms with Gasteiger partial charge in [-0.1, -0.05) is 0 Å². The molecule has 31 heavy (non-hydrogen) atoms. The molecule has 10 heteroatoms. The maximum atomic E-state index is 12.0. The summed E-state index contributed by atoms with van der Waals surface area (Å²) in [5.41, 5.74) is -0.559. The molecule has 10 nitrogen and oxygen atoms in total. The van der Waals surface area contributed by atoms with E-state index in [9.17, 15) is 4.79 Å². The van der Waals surface area contributed by atoms with E-state index in [4.69, 9.17) is 33.3 Å². The standard InChI is InChI=1S/C21H36N2O8/c1-18(2,3)29-17(24)22-10-12-9-14(23(8)30-12)21-16(28-20(6,7)31-21)15-13(26-21)11-25-19(4,5)27-15/h12-16H,9-11H2,1-8H3,(H,22,24)/t12-,13+,14?,15-,16+,21+/m1/s1. The summed E-state index contributed by atoms with van der Waals surface area (Å²) in [4.78, 5) is 18.0. The van der Waals surface area contributed by atoms with E-state index in [-0.39, 0.29) is 24.4 Å². The van der Waals surface area contributed by atoms with Crippen LogP contribution >= 0.6 is 0 Å². The second-order valence-electron chi connectivity index (χ2n) is 10.6. The maximum absolute atomic E-state index is 12.0. The van der Waals surface area contributed by atoms with Gasteiger partial charge >= 0.3 is 6.09 Å². The van der Waals surface area contributed by atoms with Crippen LogP contribution in [0.3, 0.4) is 0 Å². The van der Waals surface area contributed by atoms with Crippen molar-refractivity contribution < 1.29 is 38.1 Å². The number of hydroxylamine groups is 2. The van der Waals surface area contributed by atoms with E-state index in [0.29, 0.717) is 19.6 Å². The summed E-state index contributed by atoms with van der Waals surface area (Å²) >= 11 is 0. The van der Waals surface area contributed by atoms with Crippen LogP contribution in [0.25, 0.3) is 0 Å². The maximum Gasteiger partial charge on any atom is 0.407 e. The molecule has 4 saturated heterocycles. The van der Waals surface area contributed by atoms with Crippen molar-refractivity contribution in [2.45, 2.75) is 108 Å². The van der Waals surface area contributed by atoms with E-state index in [2.05, 4.69) is 5.32 Å². The van der Waals surface area contributed by atoms with Crippen LogP contribution in [0.2, 0.25) is 0 Å². The first-order valence-electron chi connectivity index (χ1n) is 10.9. The number of carbonyl (C=O) groups excluding carboxylic acids is 1. The fourth-order valence-electron chi connectivity index (χ4n) is 4.79. The molecule has 0 aromatic heterocycles. The third kappa shape index (κ3) is 4.57. The lowest BCUT2D eigenvalue weighted by molar-refractivity contribution is -0.336. The van der Waals surface area contributed by atoms with E-state index in [1.54, 1.807) is 5.06 Å². The Morgan fingerprint density at radius 3 is 2.52 bits per heavy atom. The Balaban J connectivity index is 1.47. The Labute approximate surface area is 183 Å². The van der Waals surface area contributed by atoms with Crippen LogP contribution in [-0.2, 0) is 33.3 Å². The zero-order chi connectivity index (χ0) is 22.8. The molecule has 4 fully saturated rings. The second kappa shape index (κ2) is 7.51. The number of hydrogen-bond acceptors (Lipinski definition) is 9. The van der Waals surface area contributed by atoms with Crippen molar-refractivity contribution in [3.8, 4) is 0 Å². The fraction of sp³-hybridized carbons (Fsp3) is 0.952. The summed E-state index contributed by atoms with van der Waals surface area (Å²) in [6.45, 7) is 13.7. The lowest BCUT2D eigenvalue weighted by Crippen LogP contribution is -2.55. The third-order valence-electron chi connectivity index (χ3n) is 5.81. The molecule has 0 aromatic rings. The Morgan fingerprint density at radius 2 is 1.84 bits per heavy atom. The van der Waals surface area contributed by atoms with Crippen molar-refractivity contribution in [3.63, 3.8) is 0 Å². The van der Waals surface area contributed by atoms with Crippen LogP contribution in [0.15, 0.2) is 0 Å². The molecule has 4 aliphatic heterocycles. The van der Waals surface area contributed by atoms with Gasteiger partial charge in [0.2, 0.25) is 5.79 Å². The van der Waals surface area contributed by atoms with Gasteiger partial charge in [0.15, 0.2) is 11.6 Å². The van der Waals surface area contributed by atoms with E-state index in [1.807, 2.05) is 55.5 Å². The first-order chi connectivity index (χ1) is 14.2. The van der Waals surface area contributed by atoms with Gasteiger partial charge < -0.3 is 33.7 Å². The van der Waals surface area contributed by atoms with Gasteiger partial charge in [0.25, 0.3) is 0 Å². The molecule has 4 heterocycles. The Kier molecular flexibility index (Phi) is 5.61. The highest BCUT2D eigenvalue weighted by molar-refractivity contribution is 5.67. The number of alkyl carbamates (subject to hydrolysis) is 1. The zero-order valence-corrected chi connectivity index (χ0v) is 19.7. The highest BCUT2D eigenvalue weighted by Gasteiger charge is 2.71. The average molecular weight is 445 g/mol. The number of likely N-dealkylation sites (N-methyl/N-ethyl adjacent to an activating group) is 1. The zero-order valence-electron chi connectivity index (χ0n) is 19.7. The number of ether oxygens (including phenoxy) is 6. The molecule has 6 atom stereocenters. The summed E-state index contributed by atoms with van der Waals surface area (Å²) in [6, 6.07) is -0.262. The minimum absolute atomic E-state index is 0.260. The van der Waals surface area contributed by atoms with Crippen LogP contribution in [0.5, 0.6) is 0 Å². The lowest BCUT2D eigenvalue weighted by atomic mass is 9.94. The number of amides is 1. The molecular weight excluding hydrogens is 408 g/mol. The first-order valence-corrected chi connectivity index (χ1v) is 10.9. The molecule has 0 bridgehead atoms. The minimum Gasteiger partial charge on any atom is -0.444 e. The summed E-state index contributed by atoms with van der Waals surface area (Å²) < 4.78 is 36.5. The van der Waals surface area contributed by atoms with E-state index < -0.39 is 35.2 Å². The molecule has 178 valence electrons. The van der Waals surface area contributed by atoms with Crippen molar-refractivity contribution >= 4 is 6.09 Å². The monoisotopic (exact) mass is 444 g/mol. The van der Waals surface area contributed by atoms with Gasteiger partial charge in [0.1, 0.15) is 23.9 Å². The summed E-state index contributed by atoms with van der Waals surface area (Å²) in [5.74, 6) is -2.64.